The highest BCUT2D eigenvalue weighted by Crippen LogP contribution is 2.34. The summed E-state index contributed by atoms with van der Waals surface area (Å²) >= 11 is 1.20. The third kappa shape index (κ3) is 4.29. The number of amidine groups is 1. The molecule has 2 aromatic rings. The molecule has 0 atom stereocenters. The zero-order valence-corrected chi connectivity index (χ0v) is 15.4. The summed E-state index contributed by atoms with van der Waals surface area (Å²) in [5.74, 6) is -0.0960. The number of carboxylic acid groups (broad SMARTS) is 1. The number of nitrogens with zero attached hydrogens (tertiary/aromatic N) is 1. The highest BCUT2D eigenvalue weighted by molar-refractivity contribution is 8.18. The van der Waals surface area contributed by atoms with Crippen molar-refractivity contribution in [1.82, 2.24) is 5.32 Å². The summed E-state index contributed by atoms with van der Waals surface area (Å²) in [7, 11) is 3.10. The van der Waals surface area contributed by atoms with Crippen LogP contribution in [-0.2, 0) is 4.79 Å². The van der Waals surface area contributed by atoms with Crippen molar-refractivity contribution in [2.24, 2.45) is 4.99 Å². The fourth-order valence-corrected chi connectivity index (χ4v) is 3.18. The first kappa shape index (κ1) is 18.5. The molecule has 1 heterocycles. The zero-order valence-electron chi connectivity index (χ0n) is 14.6. The molecule has 1 aliphatic heterocycles. The largest absolute Gasteiger partial charge is 0.497 e. The second-order valence-electron chi connectivity index (χ2n) is 5.45. The van der Waals surface area contributed by atoms with Crippen molar-refractivity contribution in [2.45, 2.75) is 0 Å². The Kier molecular flexibility index (Phi) is 5.46. The first-order chi connectivity index (χ1) is 13.0. The Morgan fingerprint density at radius 1 is 1.15 bits per heavy atom. The minimum Gasteiger partial charge on any atom is -0.497 e. The molecule has 0 aromatic heterocycles. The Labute approximate surface area is 159 Å². The Bertz CT molecular complexity index is 951. The molecule has 7 nitrogen and oxygen atoms in total. The van der Waals surface area contributed by atoms with Crippen molar-refractivity contribution in [3.63, 3.8) is 0 Å². The molecular formula is C19H16N2O5S. The summed E-state index contributed by atoms with van der Waals surface area (Å²) in [4.78, 5) is 28.0. The maximum atomic E-state index is 12.2. The van der Waals surface area contributed by atoms with Gasteiger partial charge in [0.2, 0.25) is 0 Å². The van der Waals surface area contributed by atoms with Crippen LogP contribution in [0, 0.1) is 0 Å². The molecule has 1 saturated heterocycles. The Morgan fingerprint density at radius 3 is 2.52 bits per heavy atom. The van der Waals surface area contributed by atoms with E-state index in [1.54, 1.807) is 43.5 Å². The predicted molar refractivity (Wildman–Crippen MR) is 104 cm³/mol. The van der Waals surface area contributed by atoms with E-state index in [0.717, 1.165) is 5.56 Å². The molecule has 0 bridgehead atoms. The lowest BCUT2D eigenvalue weighted by atomic mass is 10.1. The molecule has 1 aliphatic rings. The first-order valence-electron chi connectivity index (χ1n) is 7.85. The number of aromatic carboxylic acids is 1. The fraction of sp³-hybridized carbons (Fsp3) is 0.105. The molecule has 8 heteroatoms. The van der Waals surface area contributed by atoms with E-state index in [1.165, 1.54) is 31.0 Å². The summed E-state index contributed by atoms with van der Waals surface area (Å²) in [5.41, 5.74) is 1.48. The number of amides is 1. The lowest BCUT2D eigenvalue weighted by Gasteiger charge is -2.07. The van der Waals surface area contributed by atoms with E-state index in [9.17, 15) is 9.59 Å². The predicted octanol–water partition coefficient (Wildman–Crippen LogP) is 3.29. The topological polar surface area (TPSA) is 97.2 Å². The zero-order chi connectivity index (χ0) is 19.4. The highest BCUT2D eigenvalue weighted by atomic mass is 32.2. The monoisotopic (exact) mass is 384 g/mol. The number of rotatable bonds is 5. The molecule has 3 rings (SSSR count). The lowest BCUT2D eigenvalue weighted by Crippen LogP contribution is -2.19. The van der Waals surface area contributed by atoms with Gasteiger partial charge in [-0.1, -0.05) is 12.1 Å². The molecule has 1 fully saturated rings. The second-order valence-corrected chi connectivity index (χ2v) is 6.48. The van der Waals surface area contributed by atoms with Crippen LogP contribution in [0.5, 0.6) is 11.5 Å². The van der Waals surface area contributed by atoms with Gasteiger partial charge in [-0.3, -0.25) is 4.79 Å². The van der Waals surface area contributed by atoms with Gasteiger partial charge in [-0.05, 0) is 47.7 Å². The van der Waals surface area contributed by atoms with Gasteiger partial charge in [0.1, 0.15) is 17.2 Å². The number of ether oxygens (including phenoxy) is 2. The summed E-state index contributed by atoms with van der Waals surface area (Å²) < 4.78 is 10.5. The number of nitrogens with one attached hydrogen (secondary N) is 1. The van der Waals surface area contributed by atoms with Crippen LogP contribution in [0.1, 0.15) is 15.9 Å². The van der Waals surface area contributed by atoms with E-state index in [-0.39, 0.29) is 11.5 Å². The Balaban J connectivity index is 1.82. The minimum atomic E-state index is -0.995. The smallest absolute Gasteiger partial charge is 0.335 e. The Hall–Kier alpha value is -3.26. The number of carboxylic acids is 1. The van der Waals surface area contributed by atoms with Gasteiger partial charge >= 0.3 is 5.97 Å². The average molecular weight is 384 g/mol. The van der Waals surface area contributed by atoms with E-state index < -0.39 is 5.97 Å². The number of methoxy groups -OCH3 is 2. The van der Waals surface area contributed by atoms with Crippen LogP contribution in [0.25, 0.3) is 6.08 Å². The van der Waals surface area contributed by atoms with Gasteiger partial charge in [-0.2, -0.15) is 0 Å². The average Bonchev–Trinajstić information content (AvgIpc) is 3.01. The van der Waals surface area contributed by atoms with Crippen molar-refractivity contribution < 1.29 is 24.2 Å². The van der Waals surface area contributed by atoms with E-state index in [4.69, 9.17) is 14.6 Å². The SMILES string of the molecule is COc1ccc(N=C2NC(=O)C(=Cc3ccc(C(=O)O)cc3)S2)c(OC)c1. The van der Waals surface area contributed by atoms with Gasteiger partial charge in [0.25, 0.3) is 5.91 Å². The van der Waals surface area contributed by atoms with Crippen molar-refractivity contribution >= 4 is 40.6 Å². The maximum absolute atomic E-state index is 12.2. The normalized spacial score (nSPS) is 16.4. The summed E-state index contributed by atoms with van der Waals surface area (Å²) in [6.45, 7) is 0. The third-order valence-electron chi connectivity index (χ3n) is 3.72. The van der Waals surface area contributed by atoms with Crippen LogP contribution >= 0.6 is 11.8 Å². The number of carbonyl (C=O) groups is 2. The van der Waals surface area contributed by atoms with E-state index in [2.05, 4.69) is 10.3 Å². The van der Waals surface area contributed by atoms with Crippen LogP contribution in [0.2, 0.25) is 0 Å². The van der Waals surface area contributed by atoms with E-state index in [1.807, 2.05) is 0 Å². The molecule has 0 unspecified atom stereocenters. The summed E-state index contributed by atoms with van der Waals surface area (Å²) in [6, 6.07) is 11.5. The van der Waals surface area contributed by atoms with Crippen LogP contribution in [0.15, 0.2) is 52.4 Å². The molecule has 0 aliphatic carbocycles. The van der Waals surface area contributed by atoms with Crippen molar-refractivity contribution in [3.8, 4) is 11.5 Å². The standard InChI is InChI=1S/C19H16N2O5S/c1-25-13-7-8-14(15(10-13)26-2)20-19-21-17(22)16(27-19)9-11-3-5-12(6-4-11)18(23)24/h3-10H,1-2H3,(H,23,24)(H,20,21,22). The highest BCUT2D eigenvalue weighted by Gasteiger charge is 2.24. The molecule has 27 heavy (non-hydrogen) atoms. The molecule has 138 valence electrons. The number of hydrogen-bond acceptors (Lipinski definition) is 6. The number of benzene rings is 2. The van der Waals surface area contributed by atoms with Crippen molar-refractivity contribution in [3.05, 3.63) is 58.5 Å². The number of aliphatic imine (C=N–C) groups is 1. The molecule has 0 spiro atoms. The molecule has 2 aromatic carbocycles. The van der Waals surface area contributed by atoms with Crippen LogP contribution in [0.3, 0.4) is 0 Å². The summed E-state index contributed by atoms with van der Waals surface area (Å²) in [5, 5.41) is 12.1. The Morgan fingerprint density at radius 2 is 1.89 bits per heavy atom. The number of thioether (sulfide) groups is 1. The van der Waals surface area contributed by atoms with Crippen LogP contribution in [-0.4, -0.2) is 36.4 Å². The van der Waals surface area contributed by atoms with Crippen LogP contribution < -0.4 is 14.8 Å². The third-order valence-corrected chi connectivity index (χ3v) is 4.63. The van der Waals surface area contributed by atoms with Gasteiger partial charge < -0.3 is 19.9 Å². The molecule has 0 saturated carbocycles. The quantitative estimate of drug-likeness (QED) is 0.768. The summed E-state index contributed by atoms with van der Waals surface area (Å²) in [6.07, 6.45) is 1.68. The lowest BCUT2D eigenvalue weighted by molar-refractivity contribution is -0.115. The van der Waals surface area contributed by atoms with Crippen molar-refractivity contribution in [1.29, 1.82) is 0 Å². The van der Waals surface area contributed by atoms with Gasteiger partial charge in [-0.25, -0.2) is 9.79 Å². The second kappa shape index (κ2) is 7.96. The van der Waals surface area contributed by atoms with Gasteiger partial charge in [0, 0.05) is 6.07 Å². The molecule has 2 N–H and O–H groups in total. The van der Waals surface area contributed by atoms with Gasteiger partial charge in [-0.15, -0.1) is 0 Å². The molecular weight excluding hydrogens is 368 g/mol. The van der Waals surface area contributed by atoms with Gasteiger partial charge in [0.15, 0.2) is 5.17 Å². The van der Waals surface area contributed by atoms with Gasteiger partial charge in [0.05, 0.1) is 24.7 Å². The number of carbonyl (C=O) groups excluding carboxylic acids is 1. The van der Waals surface area contributed by atoms with E-state index >= 15 is 0 Å². The molecule has 1 amide bonds. The fourth-order valence-electron chi connectivity index (χ4n) is 2.34. The maximum Gasteiger partial charge on any atom is 0.335 e. The van der Waals surface area contributed by atoms with Crippen LogP contribution in [0.4, 0.5) is 5.69 Å². The molecule has 0 radical (unpaired) electrons. The first-order valence-corrected chi connectivity index (χ1v) is 8.67. The number of hydrogen-bond donors (Lipinski definition) is 2. The minimum absolute atomic E-state index is 0.189. The van der Waals surface area contributed by atoms with E-state index in [0.29, 0.717) is 27.3 Å². The van der Waals surface area contributed by atoms with Crippen molar-refractivity contribution in [2.75, 3.05) is 14.2 Å².